The van der Waals surface area contributed by atoms with Gasteiger partial charge in [0, 0.05) is 43.4 Å². The molecule has 0 heterocycles. The van der Waals surface area contributed by atoms with Gasteiger partial charge in [-0.2, -0.15) is 92.0 Å². The zero-order chi connectivity index (χ0) is 22.8. The molecule has 4 aromatic carbocycles. The van der Waals surface area contributed by atoms with Crippen LogP contribution in [0.5, 0.6) is 0 Å². The summed E-state index contributed by atoms with van der Waals surface area (Å²) in [7, 11) is 0. The van der Waals surface area contributed by atoms with E-state index >= 15 is 0 Å². The summed E-state index contributed by atoms with van der Waals surface area (Å²) >= 11 is 0. The molecule has 0 fully saturated rings. The summed E-state index contributed by atoms with van der Waals surface area (Å²) in [5, 5.41) is 0. The van der Waals surface area contributed by atoms with Crippen LogP contribution in [0.3, 0.4) is 0 Å². The standard InChI is InChI=1S/2C10H15.2C5H5.H2O.2Ti/c2*1-6-7(2)9(4)10(5)8(6)3;2*1-2-4-5-3-1;;;/h2*1-5H3;2*1-5H;1H2;;/q4*-1;;;. The van der Waals surface area contributed by atoms with Crippen LogP contribution < -0.4 is 0 Å². The van der Waals surface area contributed by atoms with E-state index < -0.39 is 0 Å². The minimum Gasteiger partial charge on any atom is -0.412 e. The minimum absolute atomic E-state index is 0. The van der Waals surface area contributed by atoms with Gasteiger partial charge >= 0.3 is 0 Å². The van der Waals surface area contributed by atoms with Crippen molar-refractivity contribution in [3.05, 3.63) is 116 Å². The fourth-order valence-corrected chi connectivity index (χ4v) is 3.45. The van der Waals surface area contributed by atoms with Crippen molar-refractivity contribution in [1.82, 2.24) is 0 Å². The monoisotopic (exact) mass is 514 g/mol. The van der Waals surface area contributed by atoms with Crippen molar-refractivity contribution in [2.24, 2.45) is 0 Å². The van der Waals surface area contributed by atoms with Gasteiger partial charge in [0.1, 0.15) is 0 Å². The van der Waals surface area contributed by atoms with Crippen molar-refractivity contribution in [2.45, 2.75) is 69.2 Å². The van der Waals surface area contributed by atoms with E-state index in [2.05, 4.69) is 69.2 Å². The molecule has 3 heteroatoms. The van der Waals surface area contributed by atoms with Crippen molar-refractivity contribution in [3.8, 4) is 0 Å². The first-order valence-electron chi connectivity index (χ1n) is 10.8. The van der Waals surface area contributed by atoms with Gasteiger partial charge < -0.3 is 5.48 Å². The molecular formula is C30H42OTi2-4. The molecule has 0 saturated carbocycles. The summed E-state index contributed by atoms with van der Waals surface area (Å²) in [5.74, 6) is 0. The number of hydrogen-bond acceptors (Lipinski definition) is 0. The van der Waals surface area contributed by atoms with Crippen LogP contribution in [0.1, 0.15) is 55.6 Å². The zero-order valence-corrected chi connectivity index (χ0v) is 25.4. The third-order valence-corrected chi connectivity index (χ3v) is 6.74. The van der Waals surface area contributed by atoms with Gasteiger partial charge in [-0.15, -0.1) is 0 Å². The van der Waals surface area contributed by atoms with E-state index in [-0.39, 0.29) is 48.9 Å². The van der Waals surface area contributed by atoms with Crippen LogP contribution in [-0.4, -0.2) is 5.48 Å². The Kier molecular flexibility index (Phi) is 20.0. The summed E-state index contributed by atoms with van der Waals surface area (Å²) in [6.07, 6.45) is 0. The third kappa shape index (κ3) is 10.7. The van der Waals surface area contributed by atoms with E-state index in [0.717, 1.165) is 0 Å². The zero-order valence-electron chi connectivity index (χ0n) is 22.3. The van der Waals surface area contributed by atoms with E-state index in [4.69, 9.17) is 0 Å². The summed E-state index contributed by atoms with van der Waals surface area (Å²) in [6, 6.07) is 20.0. The van der Waals surface area contributed by atoms with Gasteiger partial charge in [0.05, 0.1) is 0 Å². The molecule has 4 aromatic rings. The first-order valence-corrected chi connectivity index (χ1v) is 10.8. The van der Waals surface area contributed by atoms with E-state index in [0.29, 0.717) is 0 Å². The maximum absolute atomic E-state index is 2.20. The predicted octanol–water partition coefficient (Wildman–Crippen LogP) is 7.88. The van der Waals surface area contributed by atoms with Crippen LogP contribution in [0.25, 0.3) is 0 Å². The summed E-state index contributed by atoms with van der Waals surface area (Å²) in [5.41, 5.74) is 14.7. The molecule has 1 nitrogen and oxygen atoms in total. The topological polar surface area (TPSA) is 31.5 Å². The van der Waals surface area contributed by atoms with Crippen LogP contribution >= 0.6 is 0 Å². The van der Waals surface area contributed by atoms with Gasteiger partial charge in [-0.3, -0.25) is 0 Å². The number of hydrogen-bond donors (Lipinski definition) is 0. The van der Waals surface area contributed by atoms with Gasteiger partial charge in [0.25, 0.3) is 0 Å². The Morgan fingerprint density at radius 2 is 0.636 bits per heavy atom. The second kappa shape index (κ2) is 18.2. The molecule has 180 valence electrons. The fraction of sp³-hybridized carbons (Fsp3) is 0.333. The van der Waals surface area contributed by atoms with Crippen LogP contribution in [0.4, 0.5) is 0 Å². The van der Waals surface area contributed by atoms with Gasteiger partial charge in [-0.25, -0.2) is 24.3 Å². The van der Waals surface area contributed by atoms with Crippen molar-refractivity contribution in [3.63, 3.8) is 0 Å². The van der Waals surface area contributed by atoms with Crippen molar-refractivity contribution in [1.29, 1.82) is 0 Å². The van der Waals surface area contributed by atoms with E-state index in [1.807, 2.05) is 60.7 Å². The molecule has 2 N–H and O–H groups in total. The maximum atomic E-state index is 2.20. The van der Waals surface area contributed by atoms with Crippen molar-refractivity contribution in [2.75, 3.05) is 0 Å². The number of rotatable bonds is 0. The predicted molar refractivity (Wildman–Crippen MR) is 139 cm³/mol. The average Bonchev–Trinajstić information content (AvgIpc) is 3.56. The Balaban J connectivity index is -0.000000368. The van der Waals surface area contributed by atoms with Gasteiger partial charge in [-0.05, 0) is 0 Å². The summed E-state index contributed by atoms with van der Waals surface area (Å²) in [4.78, 5) is 0. The first-order chi connectivity index (χ1) is 14.1. The molecule has 0 atom stereocenters. The first kappa shape index (κ1) is 36.4. The summed E-state index contributed by atoms with van der Waals surface area (Å²) in [6.45, 7) is 22.0. The Bertz CT molecular complexity index is 704. The summed E-state index contributed by atoms with van der Waals surface area (Å²) < 4.78 is 0. The average molecular weight is 514 g/mol. The molecule has 0 saturated heterocycles. The van der Waals surface area contributed by atoms with E-state index in [1.54, 1.807) is 0 Å². The van der Waals surface area contributed by atoms with Crippen LogP contribution in [0, 0.1) is 69.2 Å². The van der Waals surface area contributed by atoms with E-state index in [9.17, 15) is 0 Å². The quantitative estimate of drug-likeness (QED) is 0.169. The van der Waals surface area contributed by atoms with Gasteiger partial charge in [0.15, 0.2) is 0 Å². The van der Waals surface area contributed by atoms with Crippen LogP contribution in [0.15, 0.2) is 60.7 Å². The van der Waals surface area contributed by atoms with Crippen LogP contribution in [-0.2, 0) is 43.4 Å². The molecular weight excluding hydrogens is 472 g/mol. The third-order valence-electron chi connectivity index (χ3n) is 6.74. The van der Waals surface area contributed by atoms with Gasteiger partial charge in [0.2, 0.25) is 0 Å². The largest absolute Gasteiger partial charge is 0.412 e. The van der Waals surface area contributed by atoms with Crippen LogP contribution in [0.2, 0.25) is 0 Å². The molecule has 0 unspecified atom stereocenters. The molecule has 0 aliphatic rings. The van der Waals surface area contributed by atoms with E-state index in [1.165, 1.54) is 55.6 Å². The minimum atomic E-state index is 0. The second-order valence-electron chi connectivity index (χ2n) is 8.17. The van der Waals surface area contributed by atoms with Crippen molar-refractivity contribution < 1.29 is 48.9 Å². The molecule has 33 heavy (non-hydrogen) atoms. The Hall–Kier alpha value is -1.21. The Labute approximate surface area is 233 Å². The van der Waals surface area contributed by atoms with Gasteiger partial charge in [-0.1, -0.05) is 69.2 Å². The Morgan fingerprint density at radius 3 is 0.697 bits per heavy atom. The molecule has 0 aliphatic heterocycles. The molecule has 0 spiro atoms. The molecule has 0 radical (unpaired) electrons. The smallest absolute Gasteiger partial charge is 0 e. The molecule has 4 rings (SSSR count). The fourth-order valence-electron chi connectivity index (χ4n) is 3.45. The molecule has 0 aliphatic carbocycles. The molecule has 0 aromatic heterocycles. The molecule has 0 amide bonds. The molecule has 0 bridgehead atoms. The Morgan fingerprint density at radius 1 is 0.455 bits per heavy atom. The normalized spacial score (nSPS) is 8.79. The maximum Gasteiger partial charge on any atom is 0 e. The second-order valence-corrected chi connectivity index (χ2v) is 8.17. The SMILES string of the molecule is Cc1c(C)c(C)[c-](C)c1C.Cc1c(C)c(C)[c-](C)c1C.O.[Ti].[Ti].c1cc[cH-]c1.c1cc[cH-]c1. The van der Waals surface area contributed by atoms with Crippen molar-refractivity contribution >= 4 is 0 Å².